The van der Waals surface area contributed by atoms with E-state index in [0.717, 1.165) is 13.1 Å². The second-order valence-electron chi connectivity index (χ2n) is 7.55. The zero-order valence-electron chi connectivity index (χ0n) is 16.3. The molecule has 4 aromatic rings. The molecule has 0 spiro atoms. The van der Waals surface area contributed by atoms with E-state index in [9.17, 15) is 0 Å². The van der Waals surface area contributed by atoms with Crippen molar-refractivity contribution < 1.29 is 0 Å². The fourth-order valence-electron chi connectivity index (χ4n) is 3.78. The van der Waals surface area contributed by atoms with Crippen molar-refractivity contribution in [2.24, 2.45) is 0 Å². The Morgan fingerprint density at radius 1 is 0.778 bits per heavy atom. The minimum absolute atomic E-state index is 0.904. The fourth-order valence-corrected chi connectivity index (χ4v) is 3.78. The van der Waals surface area contributed by atoms with E-state index in [1.807, 2.05) is 0 Å². The van der Waals surface area contributed by atoms with E-state index in [-0.39, 0.29) is 0 Å². The lowest BCUT2D eigenvalue weighted by Crippen LogP contribution is -2.17. The Morgan fingerprint density at radius 2 is 1.56 bits per heavy atom. The second-order valence-corrected chi connectivity index (χ2v) is 7.55. The van der Waals surface area contributed by atoms with E-state index in [1.54, 1.807) is 0 Å². The van der Waals surface area contributed by atoms with Crippen LogP contribution < -0.4 is 0 Å². The number of H-pyrrole nitrogens is 1. The molecule has 1 aromatic heterocycles. The molecule has 0 saturated carbocycles. The molecule has 0 fully saturated rings. The number of para-hydroxylation sites is 1. The summed E-state index contributed by atoms with van der Waals surface area (Å²) in [5.41, 5.74) is 9.00. The highest BCUT2D eigenvalue weighted by Gasteiger charge is 2.15. The summed E-state index contributed by atoms with van der Waals surface area (Å²) in [5.74, 6) is 0. The SMILES string of the molecule is Cc1ccc(-c2[nH]c3ccccc3c2CN(C)Cc2cccc(C)c2)cc1. The molecule has 2 heteroatoms. The largest absolute Gasteiger partial charge is 0.354 e. The summed E-state index contributed by atoms with van der Waals surface area (Å²) in [5, 5.41) is 1.31. The molecule has 0 radical (unpaired) electrons. The Bertz CT molecular complexity index is 1060. The molecule has 1 heterocycles. The van der Waals surface area contributed by atoms with Crippen LogP contribution in [0.1, 0.15) is 22.3 Å². The fraction of sp³-hybridized carbons (Fsp3) is 0.200. The van der Waals surface area contributed by atoms with Crippen LogP contribution in [0.25, 0.3) is 22.2 Å². The van der Waals surface area contributed by atoms with E-state index in [4.69, 9.17) is 0 Å². The molecule has 0 aliphatic carbocycles. The quantitative estimate of drug-likeness (QED) is 0.460. The highest BCUT2D eigenvalue weighted by atomic mass is 15.1. The van der Waals surface area contributed by atoms with Gasteiger partial charge in [0.25, 0.3) is 0 Å². The second kappa shape index (κ2) is 7.42. The molecule has 3 aromatic carbocycles. The number of nitrogens with zero attached hydrogens (tertiary/aromatic N) is 1. The molecule has 27 heavy (non-hydrogen) atoms. The maximum Gasteiger partial charge on any atom is 0.0510 e. The van der Waals surface area contributed by atoms with Crippen LogP contribution in [0.4, 0.5) is 0 Å². The van der Waals surface area contributed by atoms with E-state index in [0.29, 0.717) is 0 Å². The van der Waals surface area contributed by atoms with Gasteiger partial charge in [0.05, 0.1) is 5.69 Å². The third-order valence-corrected chi connectivity index (χ3v) is 5.12. The first-order valence-corrected chi connectivity index (χ1v) is 9.51. The molecule has 0 amide bonds. The van der Waals surface area contributed by atoms with Crippen molar-refractivity contribution in [2.75, 3.05) is 7.05 Å². The maximum atomic E-state index is 3.65. The first-order valence-electron chi connectivity index (χ1n) is 9.51. The standard InChI is InChI=1S/C25H26N2/c1-18-11-13-21(14-12-18)25-23(22-9-4-5-10-24(22)26-25)17-27(3)16-20-8-6-7-19(2)15-20/h4-15,26H,16-17H2,1-3H3. The van der Waals surface area contributed by atoms with E-state index in [1.165, 1.54) is 44.4 Å². The van der Waals surface area contributed by atoms with Crippen molar-refractivity contribution in [3.63, 3.8) is 0 Å². The van der Waals surface area contributed by atoms with Gasteiger partial charge in [0.2, 0.25) is 0 Å². The molecule has 0 bridgehead atoms. The zero-order valence-corrected chi connectivity index (χ0v) is 16.3. The predicted octanol–water partition coefficient (Wildman–Crippen LogP) is 6.08. The van der Waals surface area contributed by atoms with Gasteiger partial charge in [0.1, 0.15) is 0 Å². The Balaban J connectivity index is 1.69. The lowest BCUT2D eigenvalue weighted by atomic mass is 10.0. The third kappa shape index (κ3) is 3.81. The van der Waals surface area contributed by atoms with Crippen molar-refractivity contribution >= 4 is 10.9 Å². The van der Waals surface area contributed by atoms with Gasteiger partial charge in [0, 0.05) is 24.0 Å². The molecule has 0 unspecified atom stereocenters. The molecule has 0 aliphatic rings. The van der Waals surface area contributed by atoms with Crippen LogP contribution >= 0.6 is 0 Å². The van der Waals surface area contributed by atoms with E-state index >= 15 is 0 Å². The Morgan fingerprint density at radius 3 is 2.33 bits per heavy atom. The Labute approximate surface area is 161 Å². The summed E-state index contributed by atoms with van der Waals surface area (Å²) in [4.78, 5) is 6.04. The van der Waals surface area contributed by atoms with Crippen LogP contribution in [0.5, 0.6) is 0 Å². The minimum Gasteiger partial charge on any atom is -0.354 e. The van der Waals surface area contributed by atoms with Crippen LogP contribution in [0.3, 0.4) is 0 Å². The highest BCUT2D eigenvalue weighted by molar-refractivity contribution is 5.90. The number of aromatic amines is 1. The van der Waals surface area contributed by atoms with Gasteiger partial charge in [0.15, 0.2) is 0 Å². The molecule has 1 N–H and O–H groups in total. The van der Waals surface area contributed by atoms with Gasteiger partial charge >= 0.3 is 0 Å². The van der Waals surface area contributed by atoms with Gasteiger partial charge in [-0.2, -0.15) is 0 Å². The lowest BCUT2D eigenvalue weighted by molar-refractivity contribution is 0.320. The molecular formula is C25H26N2. The number of fused-ring (bicyclic) bond motifs is 1. The molecular weight excluding hydrogens is 328 g/mol. The highest BCUT2D eigenvalue weighted by Crippen LogP contribution is 2.31. The first-order chi connectivity index (χ1) is 13.1. The van der Waals surface area contributed by atoms with Crippen LogP contribution in [0, 0.1) is 13.8 Å². The Hall–Kier alpha value is -2.84. The third-order valence-electron chi connectivity index (χ3n) is 5.12. The summed E-state index contributed by atoms with van der Waals surface area (Å²) in [6.45, 7) is 6.12. The monoisotopic (exact) mass is 354 g/mol. The lowest BCUT2D eigenvalue weighted by Gasteiger charge is -2.18. The summed E-state index contributed by atoms with van der Waals surface area (Å²) >= 11 is 0. The summed E-state index contributed by atoms with van der Waals surface area (Å²) in [6.07, 6.45) is 0. The smallest absolute Gasteiger partial charge is 0.0510 e. The van der Waals surface area contributed by atoms with Gasteiger partial charge in [-0.1, -0.05) is 77.9 Å². The van der Waals surface area contributed by atoms with Gasteiger partial charge in [-0.25, -0.2) is 0 Å². The van der Waals surface area contributed by atoms with Crippen LogP contribution in [0.15, 0.2) is 72.8 Å². The maximum absolute atomic E-state index is 3.65. The number of hydrogen-bond donors (Lipinski definition) is 1. The average molecular weight is 354 g/mol. The summed E-state index contributed by atoms with van der Waals surface area (Å²) in [7, 11) is 2.20. The molecule has 136 valence electrons. The van der Waals surface area contributed by atoms with Crippen molar-refractivity contribution in [3.8, 4) is 11.3 Å². The number of nitrogens with one attached hydrogen (secondary N) is 1. The van der Waals surface area contributed by atoms with Gasteiger partial charge in [-0.3, -0.25) is 4.90 Å². The summed E-state index contributed by atoms with van der Waals surface area (Å²) in [6, 6.07) is 26.2. The van der Waals surface area contributed by atoms with Gasteiger partial charge in [-0.15, -0.1) is 0 Å². The molecule has 4 rings (SSSR count). The van der Waals surface area contributed by atoms with Crippen molar-refractivity contribution in [2.45, 2.75) is 26.9 Å². The van der Waals surface area contributed by atoms with Crippen LogP contribution in [0.2, 0.25) is 0 Å². The molecule has 0 saturated heterocycles. The van der Waals surface area contributed by atoms with Gasteiger partial charge < -0.3 is 4.98 Å². The van der Waals surface area contributed by atoms with Crippen molar-refractivity contribution in [3.05, 3.63) is 95.1 Å². The van der Waals surface area contributed by atoms with E-state index < -0.39 is 0 Å². The number of aromatic nitrogens is 1. The minimum atomic E-state index is 0.904. The van der Waals surface area contributed by atoms with Crippen LogP contribution in [-0.2, 0) is 13.1 Å². The summed E-state index contributed by atoms with van der Waals surface area (Å²) < 4.78 is 0. The van der Waals surface area contributed by atoms with Crippen molar-refractivity contribution in [1.82, 2.24) is 9.88 Å². The normalized spacial score (nSPS) is 11.4. The average Bonchev–Trinajstić information content (AvgIpc) is 3.01. The number of benzene rings is 3. The van der Waals surface area contributed by atoms with Crippen molar-refractivity contribution in [1.29, 1.82) is 0 Å². The molecule has 0 aliphatic heterocycles. The Kier molecular flexibility index (Phi) is 4.83. The number of aryl methyl sites for hydroxylation is 2. The number of hydrogen-bond acceptors (Lipinski definition) is 1. The first kappa shape index (κ1) is 17.6. The topological polar surface area (TPSA) is 19.0 Å². The number of rotatable bonds is 5. The van der Waals surface area contributed by atoms with E-state index in [2.05, 4.69) is 104 Å². The molecule has 2 nitrogen and oxygen atoms in total. The predicted molar refractivity (Wildman–Crippen MR) is 115 cm³/mol. The van der Waals surface area contributed by atoms with Crippen LogP contribution in [-0.4, -0.2) is 16.9 Å². The zero-order chi connectivity index (χ0) is 18.8. The molecule has 0 atom stereocenters. The van der Waals surface area contributed by atoms with Gasteiger partial charge in [-0.05, 0) is 43.7 Å².